The molecule has 0 fully saturated rings. The van der Waals surface area contributed by atoms with E-state index in [0.29, 0.717) is 22.7 Å². The van der Waals surface area contributed by atoms with Crippen LogP contribution < -0.4 is 14.8 Å². The second-order valence-electron chi connectivity index (χ2n) is 5.30. The quantitative estimate of drug-likeness (QED) is 0.460. The van der Waals surface area contributed by atoms with Crippen LogP contribution in [0.1, 0.15) is 5.56 Å². The highest BCUT2D eigenvalue weighted by Gasteiger charge is 2.13. The molecule has 7 heteroatoms. The number of nitrogens with zero attached hydrogens (tertiary/aromatic N) is 1. The van der Waals surface area contributed by atoms with Gasteiger partial charge < -0.3 is 19.5 Å². The van der Waals surface area contributed by atoms with E-state index in [2.05, 4.69) is 5.32 Å². The predicted molar refractivity (Wildman–Crippen MR) is 99.2 cm³/mol. The summed E-state index contributed by atoms with van der Waals surface area (Å²) in [5.41, 5.74) is 0.954. The largest absolute Gasteiger partial charge is 0.497 e. The molecule has 0 aliphatic carbocycles. The number of nitriles is 1. The maximum atomic E-state index is 12.0. The molecule has 0 radical (unpaired) electrons. The molecule has 0 atom stereocenters. The molecule has 0 bridgehead atoms. The van der Waals surface area contributed by atoms with Gasteiger partial charge in [0.1, 0.15) is 23.1 Å². The lowest BCUT2D eigenvalue weighted by atomic mass is 10.1. The fourth-order valence-electron chi connectivity index (χ4n) is 2.08. The first-order chi connectivity index (χ1) is 13.0. The molecule has 7 nitrogen and oxygen atoms in total. The third-order valence-electron chi connectivity index (χ3n) is 3.48. The van der Waals surface area contributed by atoms with Gasteiger partial charge in [0.2, 0.25) is 0 Å². The van der Waals surface area contributed by atoms with Gasteiger partial charge >= 0.3 is 5.97 Å². The fraction of sp³-hybridized carbons (Fsp3) is 0.150. The van der Waals surface area contributed by atoms with Crippen LogP contribution in [0.2, 0.25) is 0 Å². The summed E-state index contributed by atoms with van der Waals surface area (Å²) in [6, 6.07) is 15.3. The molecule has 27 heavy (non-hydrogen) atoms. The zero-order valence-corrected chi connectivity index (χ0v) is 14.9. The van der Waals surface area contributed by atoms with Crippen LogP contribution in [0, 0.1) is 11.3 Å². The number of hydrogen-bond acceptors (Lipinski definition) is 6. The highest BCUT2D eigenvalue weighted by atomic mass is 16.5. The number of carbonyl (C=O) groups excluding carboxylic acids is 2. The van der Waals surface area contributed by atoms with E-state index in [0.717, 1.165) is 0 Å². The van der Waals surface area contributed by atoms with Crippen molar-refractivity contribution in [3.05, 3.63) is 59.7 Å². The normalized spacial score (nSPS) is 10.5. The molecule has 0 aliphatic heterocycles. The van der Waals surface area contributed by atoms with E-state index in [1.165, 1.54) is 6.08 Å². The van der Waals surface area contributed by atoms with Crippen LogP contribution in [-0.4, -0.2) is 32.7 Å². The lowest BCUT2D eigenvalue weighted by molar-refractivity contribution is -0.142. The predicted octanol–water partition coefficient (Wildman–Crippen LogP) is 2.79. The second kappa shape index (κ2) is 9.63. The molecule has 0 unspecified atom stereocenters. The van der Waals surface area contributed by atoms with Crippen LogP contribution >= 0.6 is 0 Å². The SMILES string of the molecule is COc1ccc(/C=C(\C#N)C(=O)OCC(=O)Nc2ccc(OC)cc2)cc1. The van der Waals surface area contributed by atoms with E-state index in [-0.39, 0.29) is 5.57 Å². The summed E-state index contributed by atoms with van der Waals surface area (Å²) in [5, 5.41) is 11.7. The molecule has 0 aliphatic rings. The average Bonchev–Trinajstić information content (AvgIpc) is 2.71. The number of carbonyl (C=O) groups is 2. The fourth-order valence-corrected chi connectivity index (χ4v) is 2.08. The van der Waals surface area contributed by atoms with Gasteiger partial charge in [-0.15, -0.1) is 0 Å². The van der Waals surface area contributed by atoms with Crippen molar-refractivity contribution in [2.45, 2.75) is 0 Å². The number of rotatable bonds is 7. The van der Waals surface area contributed by atoms with E-state index < -0.39 is 18.5 Å². The summed E-state index contributed by atoms with van der Waals surface area (Å²) in [5.74, 6) is -0.0846. The molecule has 0 aromatic heterocycles. The Bertz CT molecular complexity index is 865. The van der Waals surface area contributed by atoms with Gasteiger partial charge in [-0.1, -0.05) is 12.1 Å². The molecule has 138 valence electrons. The number of esters is 1. The van der Waals surface area contributed by atoms with E-state index in [1.807, 2.05) is 0 Å². The third kappa shape index (κ3) is 5.90. The van der Waals surface area contributed by atoms with Crippen molar-refractivity contribution in [3.8, 4) is 17.6 Å². The standard InChI is InChI=1S/C20H18N2O5/c1-25-17-7-3-14(4-8-17)11-15(12-21)20(24)27-13-19(23)22-16-5-9-18(26-2)10-6-16/h3-11H,13H2,1-2H3,(H,22,23)/b15-11+. The van der Waals surface area contributed by atoms with Gasteiger partial charge in [-0.05, 0) is 48.0 Å². The Morgan fingerprint density at radius 1 is 1.00 bits per heavy atom. The van der Waals surface area contributed by atoms with Crippen molar-refractivity contribution >= 4 is 23.6 Å². The third-order valence-corrected chi connectivity index (χ3v) is 3.48. The number of methoxy groups -OCH3 is 2. The number of benzene rings is 2. The highest BCUT2D eigenvalue weighted by Crippen LogP contribution is 2.16. The smallest absolute Gasteiger partial charge is 0.349 e. The number of nitrogens with one attached hydrogen (secondary N) is 1. The molecule has 0 saturated carbocycles. The first-order valence-corrected chi connectivity index (χ1v) is 7.92. The lowest BCUT2D eigenvalue weighted by Crippen LogP contribution is -2.21. The minimum Gasteiger partial charge on any atom is -0.497 e. The number of amides is 1. The van der Waals surface area contributed by atoms with Crippen LogP contribution in [-0.2, 0) is 14.3 Å². The van der Waals surface area contributed by atoms with Crippen molar-refractivity contribution in [2.75, 3.05) is 26.1 Å². The minimum atomic E-state index is -0.877. The zero-order valence-electron chi connectivity index (χ0n) is 14.9. The Hall–Kier alpha value is -3.79. The topological polar surface area (TPSA) is 97.6 Å². The summed E-state index contributed by atoms with van der Waals surface area (Å²) >= 11 is 0. The van der Waals surface area contributed by atoms with E-state index in [9.17, 15) is 9.59 Å². The maximum absolute atomic E-state index is 12.0. The van der Waals surface area contributed by atoms with Gasteiger partial charge in [-0.3, -0.25) is 4.79 Å². The molecule has 2 aromatic carbocycles. The van der Waals surface area contributed by atoms with E-state index in [4.69, 9.17) is 19.5 Å². The van der Waals surface area contributed by atoms with Gasteiger partial charge in [-0.2, -0.15) is 5.26 Å². The molecular formula is C20H18N2O5. The van der Waals surface area contributed by atoms with Crippen molar-refractivity contribution in [2.24, 2.45) is 0 Å². The average molecular weight is 366 g/mol. The molecule has 2 aromatic rings. The van der Waals surface area contributed by atoms with Gasteiger partial charge in [0, 0.05) is 5.69 Å². The van der Waals surface area contributed by atoms with Crippen molar-refractivity contribution < 1.29 is 23.8 Å². The summed E-state index contributed by atoms with van der Waals surface area (Å²) in [6.07, 6.45) is 1.38. The van der Waals surface area contributed by atoms with Crippen LogP contribution in [0.5, 0.6) is 11.5 Å². The molecule has 0 spiro atoms. The van der Waals surface area contributed by atoms with Crippen LogP contribution in [0.25, 0.3) is 6.08 Å². The second-order valence-corrected chi connectivity index (χ2v) is 5.30. The van der Waals surface area contributed by atoms with Crippen LogP contribution in [0.15, 0.2) is 54.1 Å². The maximum Gasteiger partial charge on any atom is 0.349 e. The molecule has 2 rings (SSSR count). The van der Waals surface area contributed by atoms with Gasteiger partial charge in [0.15, 0.2) is 6.61 Å². The highest BCUT2D eigenvalue weighted by molar-refractivity contribution is 6.00. The Morgan fingerprint density at radius 2 is 1.56 bits per heavy atom. The molecule has 0 saturated heterocycles. The van der Waals surface area contributed by atoms with Gasteiger partial charge in [0.05, 0.1) is 14.2 Å². The van der Waals surface area contributed by atoms with E-state index in [1.54, 1.807) is 68.8 Å². The zero-order chi connectivity index (χ0) is 19.6. The van der Waals surface area contributed by atoms with Crippen LogP contribution in [0.4, 0.5) is 5.69 Å². The number of hydrogen-bond donors (Lipinski definition) is 1. The monoisotopic (exact) mass is 366 g/mol. The summed E-state index contributed by atoms with van der Waals surface area (Å²) in [4.78, 5) is 23.9. The van der Waals surface area contributed by atoms with Crippen LogP contribution in [0.3, 0.4) is 0 Å². The number of anilines is 1. The minimum absolute atomic E-state index is 0.211. The Kier molecular flexibility index (Phi) is 6.97. The Morgan fingerprint density at radius 3 is 2.07 bits per heavy atom. The Balaban J connectivity index is 1.92. The first kappa shape index (κ1) is 19.5. The molecule has 1 amide bonds. The summed E-state index contributed by atoms with van der Waals surface area (Å²) < 4.78 is 15.0. The molecular weight excluding hydrogens is 348 g/mol. The van der Waals surface area contributed by atoms with Gasteiger partial charge in [-0.25, -0.2) is 4.79 Å². The Labute approximate surface area is 156 Å². The van der Waals surface area contributed by atoms with Crippen molar-refractivity contribution in [1.29, 1.82) is 5.26 Å². The first-order valence-electron chi connectivity index (χ1n) is 7.92. The lowest BCUT2D eigenvalue weighted by Gasteiger charge is -2.07. The van der Waals surface area contributed by atoms with Crippen molar-refractivity contribution in [3.63, 3.8) is 0 Å². The molecule has 1 N–H and O–H groups in total. The van der Waals surface area contributed by atoms with E-state index >= 15 is 0 Å². The van der Waals surface area contributed by atoms with Crippen molar-refractivity contribution in [1.82, 2.24) is 0 Å². The summed E-state index contributed by atoms with van der Waals surface area (Å²) in [7, 11) is 3.08. The molecule has 0 heterocycles. The number of ether oxygens (including phenoxy) is 3. The summed E-state index contributed by atoms with van der Waals surface area (Å²) in [6.45, 7) is -0.507. The van der Waals surface area contributed by atoms with Gasteiger partial charge in [0.25, 0.3) is 5.91 Å².